The van der Waals surface area contributed by atoms with E-state index in [9.17, 15) is 0 Å². The first-order valence-corrected chi connectivity index (χ1v) is 8.60. The molecule has 0 saturated heterocycles. The van der Waals surface area contributed by atoms with Crippen molar-refractivity contribution in [3.05, 3.63) is 17.0 Å². The number of fused-ring (bicyclic) bond motifs is 1. The van der Waals surface area contributed by atoms with E-state index in [1.807, 2.05) is 23.1 Å². The molecule has 3 rings (SSSR count). The van der Waals surface area contributed by atoms with Crippen LogP contribution in [0.25, 0.3) is 0 Å². The molecule has 1 aromatic heterocycles. The summed E-state index contributed by atoms with van der Waals surface area (Å²) in [7, 11) is 0. The van der Waals surface area contributed by atoms with Crippen LogP contribution in [0.2, 0.25) is 0 Å². The minimum atomic E-state index is 0.428. The topological polar surface area (TPSA) is 12.0 Å². The second-order valence-electron chi connectivity index (χ2n) is 6.92. The molecule has 1 nitrogen and oxygen atoms in total. The lowest BCUT2D eigenvalue weighted by molar-refractivity contribution is 0.441. The van der Waals surface area contributed by atoms with Gasteiger partial charge in [-0.2, -0.15) is 0 Å². The van der Waals surface area contributed by atoms with Crippen molar-refractivity contribution in [3.8, 4) is 0 Å². The predicted molar refractivity (Wildman–Crippen MR) is 81.5 cm³/mol. The van der Waals surface area contributed by atoms with Crippen molar-refractivity contribution >= 4 is 23.1 Å². The smallest absolute Gasteiger partial charge is 0.0649 e. The van der Waals surface area contributed by atoms with E-state index in [4.69, 9.17) is 0 Å². The predicted octanol–water partition coefficient (Wildman–Crippen LogP) is 4.70. The molecule has 0 spiro atoms. The molecule has 1 saturated carbocycles. The zero-order valence-electron chi connectivity index (χ0n) is 11.9. The van der Waals surface area contributed by atoms with Gasteiger partial charge in [0.1, 0.15) is 0 Å². The Balaban J connectivity index is 1.80. The minimum absolute atomic E-state index is 0.428. The van der Waals surface area contributed by atoms with Crippen LogP contribution in [-0.4, -0.2) is 11.3 Å². The summed E-state index contributed by atoms with van der Waals surface area (Å²) in [6.07, 6.45) is 1.26. The zero-order chi connectivity index (χ0) is 13.1. The minimum Gasteiger partial charge on any atom is -0.306 e. The summed E-state index contributed by atoms with van der Waals surface area (Å²) in [4.78, 5) is 0. The van der Waals surface area contributed by atoms with Gasteiger partial charge < -0.3 is 5.32 Å². The fourth-order valence-corrected chi connectivity index (χ4v) is 5.89. The Morgan fingerprint density at radius 3 is 2.50 bits per heavy atom. The molecule has 1 aromatic rings. The van der Waals surface area contributed by atoms with Gasteiger partial charge in [0.2, 0.25) is 0 Å². The molecule has 0 aromatic carbocycles. The fourth-order valence-electron chi connectivity index (χ4n) is 3.32. The van der Waals surface area contributed by atoms with Gasteiger partial charge in [0, 0.05) is 17.3 Å². The molecule has 2 atom stereocenters. The molecule has 1 fully saturated rings. The van der Waals surface area contributed by atoms with E-state index in [2.05, 4.69) is 51.4 Å². The first-order chi connectivity index (χ1) is 8.34. The van der Waals surface area contributed by atoms with Gasteiger partial charge in [-0.05, 0) is 34.3 Å². The number of nitrogens with one attached hydrogen (secondary N) is 1. The van der Waals surface area contributed by atoms with Gasteiger partial charge >= 0.3 is 0 Å². The highest BCUT2D eigenvalue weighted by molar-refractivity contribution is 8.01. The van der Waals surface area contributed by atoms with E-state index in [0.717, 1.165) is 5.25 Å². The maximum Gasteiger partial charge on any atom is 0.0649 e. The lowest BCUT2D eigenvalue weighted by Crippen LogP contribution is -2.31. The van der Waals surface area contributed by atoms with Crippen LogP contribution >= 0.6 is 23.1 Å². The molecule has 0 bridgehead atoms. The number of thioether (sulfide) groups is 1. The summed E-state index contributed by atoms with van der Waals surface area (Å²) < 4.78 is 1.53. The Labute approximate surface area is 119 Å². The van der Waals surface area contributed by atoms with Crippen LogP contribution in [0.1, 0.15) is 52.6 Å². The first kappa shape index (κ1) is 13.0. The molecule has 3 heteroatoms. The number of hydrogen-bond donors (Lipinski definition) is 1. The number of thiophene rings is 1. The van der Waals surface area contributed by atoms with Gasteiger partial charge in [-0.1, -0.05) is 34.6 Å². The maximum absolute atomic E-state index is 3.94. The number of rotatable bonds is 2. The van der Waals surface area contributed by atoms with Gasteiger partial charge in [0.15, 0.2) is 0 Å². The first-order valence-electron chi connectivity index (χ1n) is 6.84. The summed E-state index contributed by atoms with van der Waals surface area (Å²) in [6.45, 7) is 11.9. The summed E-state index contributed by atoms with van der Waals surface area (Å²) >= 11 is 3.95. The molecule has 1 aliphatic carbocycles. The molecule has 18 heavy (non-hydrogen) atoms. The summed E-state index contributed by atoms with van der Waals surface area (Å²) in [6, 6.07) is 3.53. The van der Waals surface area contributed by atoms with Crippen molar-refractivity contribution in [2.24, 2.45) is 10.8 Å². The van der Waals surface area contributed by atoms with Crippen molar-refractivity contribution in [1.29, 1.82) is 0 Å². The van der Waals surface area contributed by atoms with Crippen LogP contribution in [0.3, 0.4) is 0 Å². The van der Waals surface area contributed by atoms with Gasteiger partial charge in [0.05, 0.1) is 4.21 Å². The standard InChI is InChI=1S/C15H23NS2/c1-9-8-11(10-6-7-17-12(10)18-9)16-13-14(2,3)15(13,4)5/h6-7,9,11,13,16H,8H2,1-5H3/t9-,11?/m0/s1. The molecule has 2 heterocycles. The third-order valence-electron chi connectivity index (χ3n) is 5.30. The molecular formula is C15H23NS2. The van der Waals surface area contributed by atoms with Crippen molar-refractivity contribution in [2.75, 3.05) is 0 Å². The Hall–Kier alpha value is 0.01000. The van der Waals surface area contributed by atoms with E-state index in [1.165, 1.54) is 10.6 Å². The van der Waals surface area contributed by atoms with E-state index in [-0.39, 0.29) is 0 Å². The van der Waals surface area contributed by atoms with Crippen molar-refractivity contribution < 1.29 is 0 Å². The van der Waals surface area contributed by atoms with Gasteiger partial charge in [0.25, 0.3) is 0 Å². The number of hydrogen-bond acceptors (Lipinski definition) is 3. The normalized spacial score (nSPS) is 33.2. The quantitative estimate of drug-likeness (QED) is 0.843. The molecule has 100 valence electrons. The molecule has 0 radical (unpaired) electrons. The van der Waals surface area contributed by atoms with Crippen LogP contribution in [0.5, 0.6) is 0 Å². The Bertz CT molecular complexity index is 447. The molecule has 1 N–H and O–H groups in total. The van der Waals surface area contributed by atoms with Gasteiger partial charge in [-0.15, -0.1) is 23.1 Å². The van der Waals surface area contributed by atoms with Gasteiger partial charge in [-0.25, -0.2) is 0 Å². The van der Waals surface area contributed by atoms with Crippen LogP contribution in [0.4, 0.5) is 0 Å². The highest BCUT2D eigenvalue weighted by Gasteiger charge is 2.65. The second-order valence-corrected chi connectivity index (χ2v) is 9.55. The van der Waals surface area contributed by atoms with Crippen molar-refractivity contribution in [1.82, 2.24) is 5.32 Å². The summed E-state index contributed by atoms with van der Waals surface area (Å²) in [5.74, 6) is 0. The molecular weight excluding hydrogens is 258 g/mol. The van der Waals surface area contributed by atoms with Crippen LogP contribution < -0.4 is 5.32 Å². The zero-order valence-corrected chi connectivity index (χ0v) is 13.5. The lowest BCUT2D eigenvalue weighted by atomic mass is 10.0. The molecule has 2 aliphatic rings. The summed E-state index contributed by atoms with van der Waals surface area (Å²) in [5, 5.41) is 6.92. The lowest BCUT2D eigenvalue weighted by Gasteiger charge is -2.28. The Morgan fingerprint density at radius 2 is 1.89 bits per heavy atom. The Morgan fingerprint density at radius 1 is 1.22 bits per heavy atom. The van der Waals surface area contributed by atoms with E-state index < -0.39 is 0 Å². The molecule has 1 aliphatic heterocycles. The van der Waals surface area contributed by atoms with Gasteiger partial charge in [-0.3, -0.25) is 0 Å². The Kier molecular flexibility index (Phi) is 2.89. The van der Waals surface area contributed by atoms with Crippen molar-refractivity contribution in [2.45, 2.75) is 62.6 Å². The molecule has 0 amide bonds. The van der Waals surface area contributed by atoms with Crippen LogP contribution in [-0.2, 0) is 0 Å². The average Bonchev–Trinajstić information content (AvgIpc) is 2.68. The van der Waals surface area contributed by atoms with E-state index in [1.54, 1.807) is 5.56 Å². The van der Waals surface area contributed by atoms with E-state index >= 15 is 0 Å². The average molecular weight is 281 g/mol. The molecule has 1 unspecified atom stereocenters. The summed E-state index contributed by atoms with van der Waals surface area (Å²) in [5.41, 5.74) is 2.40. The maximum atomic E-state index is 3.94. The van der Waals surface area contributed by atoms with Crippen molar-refractivity contribution in [3.63, 3.8) is 0 Å². The monoisotopic (exact) mass is 281 g/mol. The highest BCUT2D eigenvalue weighted by Crippen LogP contribution is 2.63. The third-order valence-corrected chi connectivity index (χ3v) is 7.64. The van der Waals surface area contributed by atoms with Crippen LogP contribution in [0, 0.1) is 10.8 Å². The third kappa shape index (κ3) is 1.78. The SMILES string of the molecule is C[C@H]1CC(NC2C(C)(C)C2(C)C)c2ccsc2S1. The highest BCUT2D eigenvalue weighted by atomic mass is 32.2. The van der Waals surface area contributed by atoms with Crippen LogP contribution in [0.15, 0.2) is 15.7 Å². The van der Waals surface area contributed by atoms with E-state index in [0.29, 0.717) is 22.9 Å². The fraction of sp³-hybridized carbons (Fsp3) is 0.733. The largest absolute Gasteiger partial charge is 0.306 e. The second kappa shape index (κ2) is 4.00.